The number of rotatable bonds is 3. The molecule has 8 heteroatoms. The highest BCUT2D eigenvalue weighted by molar-refractivity contribution is 6.24. The second kappa shape index (κ2) is 5.09. The quantitative estimate of drug-likeness (QED) is 0.482. The minimum absolute atomic E-state index is 0.313. The van der Waals surface area contributed by atoms with Crippen LogP contribution in [0.5, 0.6) is 0 Å². The number of carbonyl (C=O) groups excluding carboxylic acids is 1. The summed E-state index contributed by atoms with van der Waals surface area (Å²) in [5, 5.41) is -4.35. The average molecular weight is 289 g/mol. The van der Waals surface area contributed by atoms with Crippen molar-refractivity contribution in [2.45, 2.75) is 17.7 Å². The molecule has 18 heavy (non-hydrogen) atoms. The molecule has 0 saturated carbocycles. The highest BCUT2D eigenvalue weighted by atomic mass is 35.5. The van der Waals surface area contributed by atoms with Crippen molar-refractivity contribution in [1.82, 2.24) is 0 Å². The van der Waals surface area contributed by atoms with Crippen LogP contribution in [-0.2, 0) is 4.74 Å². The number of ether oxygens (including phenoxy) is 1. The molecule has 0 amide bonds. The molecule has 0 aliphatic rings. The van der Waals surface area contributed by atoms with Gasteiger partial charge in [0.15, 0.2) is 0 Å². The maximum absolute atomic E-state index is 12.3. The third-order valence-corrected chi connectivity index (χ3v) is 2.37. The van der Waals surface area contributed by atoms with Crippen LogP contribution in [0.3, 0.4) is 0 Å². The topological polar surface area (TPSA) is 26.3 Å². The monoisotopic (exact) mass is 288 g/mol. The molecule has 1 rings (SSSR count). The summed E-state index contributed by atoms with van der Waals surface area (Å²) >= 11 is 4.68. The lowest BCUT2D eigenvalue weighted by molar-refractivity contribution is -0.258. The maximum Gasteiger partial charge on any atom is 0.449 e. The number of benzene rings is 1. The predicted octanol–water partition coefficient (Wildman–Crippen LogP) is 3.61. The molecule has 0 aliphatic heterocycles. The van der Waals surface area contributed by atoms with Crippen molar-refractivity contribution in [1.29, 1.82) is 0 Å². The second-order valence-corrected chi connectivity index (χ2v) is 3.76. The van der Waals surface area contributed by atoms with E-state index in [4.69, 9.17) is 0 Å². The molecule has 2 nitrogen and oxygen atoms in total. The average Bonchev–Trinajstić information content (AvgIpc) is 2.28. The van der Waals surface area contributed by atoms with Gasteiger partial charge in [-0.15, -0.1) is 0 Å². The van der Waals surface area contributed by atoms with Gasteiger partial charge in [-0.2, -0.15) is 13.2 Å². The Hall–Kier alpha value is -1.37. The lowest BCUT2D eigenvalue weighted by Gasteiger charge is -2.28. The molecule has 0 heterocycles. The van der Waals surface area contributed by atoms with E-state index in [0.29, 0.717) is 0 Å². The summed E-state index contributed by atoms with van der Waals surface area (Å²) in [6, 6.07) is 6.38. The Morgan fingerprint density at radius 1 is 1.17 bits per heavy atom. The van der Waals surface area contributed by atoms with Gasteiger partial charge in [0.05, 0.1) is 5.56 Å². The number of hydrogen-bond donors (Lipinski definition) is 0. The van der Waals surface area contributed by atoms with Crippen molar-refractivity contribution in [3.8, 4) is 0 Å². The molecule has 1 aromatic rings. The fraction of sp³-hybridized carbons (Fsp3) is 0.300. The van der Waals surface area contributed by atoms with Gasteiger partial charge in [-0.1, -0.05) is 29.8 Å². The standard InChI is InChI=1S/C10H6ClF5O2/c11-9(8(12)13,10(14,15)16)18-7(17)6-4-2-1-3-5-6/h1-5,8H. The van der Waals surface area contributed by atoms with E-state index in [1.165, 1.54) is 18.2 Å². The van der Waals surface area contributed by atoms with Crippen LogP contribution in [0.15, 0.2) is 30.3 Å². The van der Waals surface area contributed by atoms with Crippen molar-refractivity contribution >= 4 is 17.6 Å². The summed E-state index contributed by atoms with van der Waals surface area (Å²) in [5.41, 5.74) is -0.313. The van der Waals surface area contributed by atoms with Crippen LogP contribution < -0.4 is 0 Å². The minimum Gasteiger partial charge on any atom is -0.423 e. The molecular formula is C10H6ClF5O2. The van der Waals surface area contributed by atoms with Crippen molar-refractivity contribution in [3.63, 3.8) is 0 Å². The molecule has 0 N–H and O–H groups in total. The van der Waals surface area contributed by atoms with Crippen molar-refractivity contribution in [2.75, 3.05) is 0 Å². The smallest absolute Gasteiger partial charge is 0.423 e. The normalized spacial score (nSPS) is 15.3. The van der Waals surface area contributed by atoms with E-state index in [1.807, 2.05) is 0 Å². The Kier molecular flexibility index (Phi) is 4.16. The lowest BCUT2D eigenvalue weighted by atomic mass is 10.2. The SMILES string of the molecule is O=C(OC(Cl)(C(F)F)C(F)(F)F)c1ccccc1. The zero-order chi connectivity index (χ0) is 14.0. The van der Waals surface area contributed by atoms with Crippen molar-refractivity contribution in [3.05, 3.63) is 35.9 Å². The van der Waals surface area contributed by atoms with Gasteiger partial charge >= 0.3 is 23.6 Å². The highest BCUT2D eigenvalue weighted by Crippen LogP contribution is 2.42. The third kappa shape index (κ3) is 2.90. The summed E-state index contributed by atoms with van der Waals surface area (Å²) < 4.78 is 65.4. The Bertz CT molecular complexity index is 420. The van der Waals surface area contributed by atoms with E-state index in [0.717, 1.165) is 12.1 Å². The maximum atomic E-state index is 12.3. The van der Waals surface area contributed by atoms with Gasteiger partial charge in [0, 0.05) is 0 Å². The summed E-state index contributed by atoms with van der Waals surface area (Å²) in [7, 11) is 0. The van der Waals surface area contributed by atoms with Crippen LogP contribution >= 0.6 is 11.6 Å². The Labute approximate surface area is 103 Å². The number of carbonyl (C=O) groups is 1. The zero-order valence-electron chi connectivity index (χ0n) is 8.55. The fourth-order valence-electron chi connectivity index (χ4n) is 0.994. The zero-order valence-corrected chi connectivity index (χ0v) is 9.30. The van der Waals surface area contributed by atoms with Crippen molar-refractivity contribution in [2.24, 2.45) is 0 Å². The number of halogens is 6. The summed E-state index contributed by atoms with van der Waals surface area (Å²) in [4.78, 5) is 11.3. The predicted molar refractivity (Wildman–Crippen MR) is 52.5 cm³/mol. The fourth-order valence-corrected chi connectivity index (χ4v) is 1.06. The Morgan fingerprint density at radius 3 is 2.06 bits per heavy atom. The molecule has 1 aromatic carbocycles. The molecule has 0 aromatic heterocycles. The molecule has 0 bridgehead atoms. The first-order chi connectivity index (χ1) is 8.18. The second-order valence-electron chi connectivity index (χ2n) is 3.20. The van der Waals surface area contributed by atoms with Crippen LogP contribution in [0.4, 0.5) is 22.0 Å². The van der Waals surface area contributed by atoms with Crippen LogP contribution in [0.1, 0.15) is 10.4 Å². The molecule has 0 spiro atoms. The Morgan fingerprint density at radius 2 is 1.67 bits per heavy atom. The molecule has 1 atom stereocenters. The number of esters is 1. The van der Waals surface area contributed by atoms with Crippen LogP contribution in [0.25, 0.3) is 0 Å². The van der Waals surface area contributed by atoms with Gasteiger partial charge in [-0.05, 0) is 12.1 Å². The van der Waals surface area contributed by atoms with E-state index in [2.05, 4.69) is 16.3 Å². The molecular weight excluding hydrogens is 283 g/mol. The van der Waals surface area contributed by atoms with Gasteiger partial charge in [0.25, 0.3) is 0 Å². The van der Waals surface area contributed by atoms with Crippen LogP contribution in [-0.4, -0.2) is 23.6 Å². The molecule has 0 saturated heterocycles. The van der Waals surface area contributed by atoms with Crippen molar-refractivity contribution < 1.29 is 31.5 Å². The Balaban J connectivity index is 2.97. The largest absolute Gasteiger partial charge is 0.449 e. The number of hydrogen-bond acceptors (Lipinski definition) is 2. The van der Waals surface area contributed by atoms with E-state index in [9.17, 15) is 26.7 Å². The van der Waals surface area contributed by atoms with E-state index in [1.54, 1.807) is 0 Å². The first-order valence-electron chi connectivity index (χ1n) is 4.50. The molecule has 100 valence electrons. The van der Waals surface area contributed by atoms with Crippen LogP contribution in [0, 0.1) is 0 Å². The van der Waals surface area contributed by atoms with Crippen LogP contribution in [0.2, 0.25) is 0 Å². The van der Waals surface area contributed by atoms with E-state index >= 15 is 0 Å². The summed E-state index contributed by atoms with van der Waals surface area (Å²) in [6.07, 6.45) is -9.69. The van der Waals surface area contributed by atoms with Gasteiger partial charge in [-0.3, -0.25) is 0 Å². The molecule has 0 radical (unpaired) electrons. The third-order valence-electron chi connectivity index (χ3n) is 1.92. The first-order valence-corrected chi connectivity index (χ1v) is 4.88. The van der Waals surface area contributed by atoms with Gasteiger partial charge < -0.3 is 4.74 Å². The summed E-state index contributed by atoms with van der Waals surface area (Å²) in [5.74, 6) is -1.58. The van der Waals surface area contributed by atoms with Gasteiger partial charge in [0.2, 0.25) is 0 Å². The highest BCUT2D eigenvalue weighted by Gasteiger charge is 2.64. The number of alkyl halides is 6. The first kappa shape index (κ1) is 14.7. The molecule has 0 fully saturated rings. The minimum atomic E-state index is -5.59. The van der Waals surface area contributed by atoms with E-state index < -0.39 is 23.6 Å². The van der Waals surface area contributed by atoms with Gasteiger partial charge in [-0.25, -0.2) is 13.6 Å². The van der Waals surface area contributed by atoms with Gasteiger partial charge in [0.1, 0.15) is 0 Å². The summed E-state index contributed by atoms with van der Waals surface area (Å²) in [6.45, 7) is 0. The molecule has 0 aliphatic carbocycles. The lowest BCUT2D eigenvalue weighted by Crippen LogP contribution is -2.49. The molecule has 1 unspecified atom stereocenters. The van der Waals surface area contributed by atoms with E-state index in [-0.39, 0.29) is 5.56 Å².